The number of ether oxygens (including phenoxy) is 3. The summed E-state index contributed by atoms with van der Waals surface area (Å²) in [4.78, 5) is 36.2. The lowest BCUT2D eigenvalue weighted by Crippen LogP contribution is -2.41. The Hall–Kier alpha value is -4.70. The Kier molecular flexibility index (Phi) is 9.08. The molecule has 2 aliphatic rings. The molecule has 1 saturated heterocycles. The molecule has 9 nitrogen and oxygen atoms in total. The summed E-state index contributed by atoms with van der Waals surface area (Å²) in [6.45, 7) is 5.91. The van der Waals surface area contributed by atoms with Crippen molar-refractivity contribution in [2.45, 2.75) is 51.0 Å². The molecule has 0 bridgehead atoms. The Balaban J connectivity index is 0.000000162. The molecule has 5 aromatic rings. The highest BCUT2D eigenvalue weighted by Crippen LogP contribution is 2.38. The standard InChI is InChI=1S/C19H18N2O3.C18H20N2O2/c20-16(18(23)24-11-14-6-2-1-3-7-14)10-19(13-22)12-21-17-9-5-4-8-15(17)19;1-18(2)10-21-16(22-11-18)9-15-17-13(7-8-19-15)12-5-3-4-6-14(12)20-17/h1-9,12-13,16H,10-11,20H2;3-8,16,20H,9-11H2,1-2H3. The Labute approximate surface area is 267 Å². The van der Waals surface area contributed by atoms with Gasteiger partial charge in [0.05, 0.1) is 35.5 Å². The number of benzene rings is 3. The molecule has 4 heterocycles. The predicted molar refractivity (Wildman–Crippen MR) is 178 cm³/mol. The second-order valence-corrected chi connectivity index (χ2v) is 12.6. The van der Waals surface area contributed by atoms with Gasteiger partial charge in [0, 0.05) is 40.5 Å². The summed E-state index contributed by atoms with van der Waals surface area (Å²) in [7, 11) is 0. The SMILES string of the molecule is CC1(C)COC(Cc2nccc3c2[nH]c2ccccc23)OC1.NC(CC1(C=O)C=Nc2ccccc21)C(=O)OCc1ccccc1. The van der Waals surface area contributed by atoms with Crippen molar-refractivity contribution in [3.8, 4) is 0 Å². The molecule has 3 N–H and O–H groups in total. The molecule has 2 atom stereocenters. The van der Waals surface area contributed by atoms with Crippen molar-refractivity contribution in [2.24, 2.45) is 16.1 Å². The number of hydrogen-bond acceptors (Lipinski definition) is 8. The number of fused-ring (bicyclic) bond motifs is 4. The van der Waals surface area contributed by atoms with Gasteiger partial charge in [0.15, 0.2) is 6.29 Å². The number of nitrogens with zero attached hydrogens (tertiary/aromatic N) is 2. The lowest BCUT2D eigenvalue weighted by atomic mass is 9.78. The van der Waals surface area contributed by atoms with Gasteiger partial charge < -0.3 is 29.7 Å². The van der Waals surface area contributed by atoms with Gasteiger partial charge in [-0.15, -0.1) is 0 Å². The van der Waals surface area contributed by atoms with Gasteiger partial charge in [0.1, 0.15) is 18.9 Å². The normalized spacial score (nSPS) is 19.3. The van der Waals surface area contributed by atoms with Gasteiger partial charge in [0.2, 0.25) is 0 Å². The second-order valence-electron chi connectivity index (χ2n) is 12.6. The Morgan fingerprint density at radius 3 is 2.50 bits per heavy atom. The third-order valence-electron chi connectivity index (χ3n) is 8.32. The number of para-hydroxylation sites is 2. The van der Waals surface area contributed by atoms with Crippen molar-refractivity contribution in [3.63, 3.8) is 0 Å². The minimum Gasteiger partial charge on any atom is -0.460 e. The molecular formula is C37H38N4O5. The number of carbonyl (C=O) groups excluding carboxylic acids is 2. The Bertz CT molecular complexity index is 1860. The van der Waals surface area contributed by atoms with E-state index in [0.29, 0.717) is 6.42 Å². The largest absolute Gasteiger partial charge is 0.460 e. The van der Waals surface area contributed by atoms with Crippen LogP contribution in [0.2, 0.25) is 0 Å². The monoisotopic (exact) mass is 618 g/mol. The number of nitrogens with two attached hydrogens (primary N) is 1. The first-order valence-electron chi connectivity index (χ1n) is 15.4. The lowest BCUT2D eigenvalue weighted by molar-refractivity contribution is -0.220. The summed E-state index contributed by atoms with van der Waals surface area (Å²) in [5.74, 6) is -0.530. The smallest absolute Gasteiger partial charge is 0.323 e. The van der Waals surface area contributed by atoms with E-state index in [9.17, 15) is 9.59 Å². The zero-order valence-electron chi connectivity index (χ0n) is 26.0. The van der Waals surface area contributed by atoms with Crippen LogP contribution in [0.1, 0.15) is 37.1 Å². The zero-order valence-corrected chi connectivity index (χ0v) is 26.0. The number of aromatic amines is 1. The molecule has 0 saturated carbocycles. The van der Waals surface area contributed by atoms with Crippen LogP contribution >= 0.6 is 0 Å². The summed E-state index contributed by atoms with van der Waals surface area (Å²) >= 11 is 0. The number of aliphatic imine (C=N–C) groups is 1. The highest BCUT2D eigenvalue weighted by atomic mass is 16.7. The summed E-state index contributed by atoms with van der Waals surface area (Å²) in [6.07, 6.45) is 4.81. The van der Waals surface area contributed by atoms with Crippen molar-refractivity contribution in [2.75, 3.05) is 13.2 Å². The van der Waals surface area contributed by atoms with E-state index in [2.05, 4.69) is 53.1 Å². The van der Waals surface area contributed by atoms with Crippen molar-refractivity contribution in [1.29, 1.82) is 0 Å². The van der Waals surface area contributed by atoms with Crippen molar-refractivity contribution in [1.82, 2.24) is 9.97 Å². The minimum absolute atomic E-state index is 0.0943. The molecular weight excluding hydrogens is 580 g/mol. The number of nitrogens with one attached hydrogen (secondary N) is 1. The van der Waals surface area contributed by atoms with Crippen molar-refractivity contribution < 1.29 is 23.8 Å². The van der Waals surface area contributed by atoms with E-state index in [0.717, 1.165) is 53.0 Å². The van der Waals surface area contributed by atoms with Crippen LogP contribution in [0.3, 0.4) is 0 Å². The van der Waals surface area contributed by atoms with Crippen LogP contribution in [-0.4, -0.2) is 54.0 Å². The fourth-order valence-corrected chi connectivity index (χ4v) is 5.81. The number of hydrogen-bond donors (Lipinski definition) is 2. The molecule has 2 unspecified atom stereocenters. The molecule has 3 aromatic carbocycles. The molecule has 9 heteroatoms. The molecule has 0 aliphatic carbocycles. The van der Waals surface area contributed by atoms with Gasteiger partial charge in [-0.05, 0) is 35.7 Å². The molecule has 236 valence electrons. The third kappa shape index (κ3) is 6.77. The maximum atomic E-state index is 12.2. The minimum atomic E-state index is -0.970. The highest BCUT2D eigenvalue weighted by Gasteiger charge is 2.39. The quantitative estimate of drug-likeness (QED) is 0.162. The van der Waals surface area contributed by atoms with Gasteiger partial charge in [-0.1, -0.05) is 80.6 Å². The van der Waals surface area contributed by atoms with E-state index >= 15 is 0 Å². The highest BCUT2D eigenvalue weighted by molar-refractivity contribution is 6.07. The molecule has 0 amide bonds. The second kappa shape index (κ2) is 13.3. The maximum Gasteiger partial charge on any atom is 0.323 e. The van der Waals surface area contributed by atoms with E-state index in [1.54, 1.807) is 6.21 Å². The first-order valence-corrected chi connectivity index (χ1v) is 15.4. The number of carbonyl (C=O) groups is 2. The van der Waals surface area contributed by atoms with Gasteiger partial charge in [0.25, 0.3) is 0 Å². The number of rotatable bonds is 8. The maximum absolute atomic E-state index is 12.2. The number of H-pyrrole nitrogens is 1. The predicted octanol–water partition coefficient (Wildman–Crippen LogP) is 5.96. The number of pyridine rings is 1. The molecule has 7 rings (SSSR count). The number of aromatic nitrogens is 2. The van der Waals surface area contributed by atoms with Crippen LogP contribution < -0.4 is 5.73 Å². The van der Waals surface area contributed by atoms with Crippen LogP contribution in [0.4, 0.5) is 5.69 Å². The average molecular weight is 619 g/mol. The Morgan fingerprint density at radius 1 is 1.00 bits per heavy atom. The van der Waals surface area contributed by atoms with Crippen LogP contribution in [0, 0.1) is 5.41 Å². The van der Waals surface area contributed by atoms with E-state index in [4.69, 9.17) is 19.9 Å². The molecule has 2 aliphatic heterocycles. The van der Waals surface area contributed by atoms with Crippen LogP contribution in [0.5, 0.6) is 0 Å². The van der Waals surface area contributed by atoms with E-state index in [1.807, 2.05) is 66.9 Å². The summed E-state index contributed by atoms with van der Waals surface area (Å²) in [6, 6.07) is 26.2. The fraction of sp³-hybridized carbons (Fsp3) is 0.297. The van der Waals surface area contributed by atoms with Gasteiger partial charge in [-0.2, -0.15) is 0 Å². The first-order chi connectivity index (χ1) is 22.3. The summed E-state index contributed by atoms with van der Waals surface area (Å²) < 4.78 is 16.9. The fourth-order valence-electron chi connectivity index (χ4n) is 5.81. The molecule has 0 spiro atoms. The zero-order chi connectivity index (χ0) is 32.1. The number of esters is 1. The molecule has 2 aromatic heterocycles. The van der Waals surface area contributed by atoms with Gasteiger partial charge in [-0.3, -0.25) is 14.8 Å². The summed E-state index contributed by atoms with van der Waals surface area (Å²) in [5, 5.41) is 2.43. The average Bonchev–Trinajstić information content (AvgIpc) is 3.65. The Morgan fingerprint density at radius 2 is 1.72 bits per heavy atom. The van der Waals surface area contributed by atoms with Crippen molar-refractivity contribution >= 4 is 46.0 Å². The van der Waals surface area contributed by atoms with Crippen molar-refractivity contribution in [3.05, 3.63) is 108 Å². The van der Waals surface area contributed by atoms with E-state index in [1.165, 1.54) is 10.8 Å². The van der Waals surface area contributed by atoms with Crippen LogP contribution in [0.15, 0.2) is 96.1 Å². The number of aldehydes is 1. The lowest BCUT2D eigenvalue weighted by Gasteiger charge is -2.34. The first kappa shape index (κ1) is 31.3. The molecule has 1 fully saturated rings. The van der Waals surface area contributed by atoms with Crippen LogP contribution in [0.25, 0.3) is 21.8 Å². The third-order valence-corrected chi connectivity index (χ3v) is 8.32. The summed E-state index contributed by atoms with van der Waals surface area (Å²) in [5.41, 5.74) is 10.7. The molecule has 0 radical (unpaired) electrons. The topological polar surface area (TPSA) is 129 Å². The van der Waals surface area contributed by atoms with E-state index < -0.39 is 17.4 Å². The van der Waals surface area contributed by atoms with Gasteiger partial charge in [-0.25, -0.2) is 0 Å². The van der Waals surface area contributed by atoms with E-state index in [-0.39, 0.29) is 24.7 Å². The molecule has 46 heavy (non-hydrogen) atoms. The van der Waals surface area contributed by atoms with Gasteiger partial charge >= 0.3 is 5.97 Å². The van der Waals surface area contributed by atoms with Crippen LogP contribution in [-0.2, 0) is 42.2 Å².